The molecule has 7 heteroatoms. The molecule has 2 N–H and O–H groups in total. The lowest BCUT2D eigenvalue weighted by atomic mass is 10.0. The highest BCUT2D eigenvalue weighted by Gasteiger charge is 2.94. The van der Waals surface area contributed by atoms with Gasteiger partial charge in [-0.15, -0.1) is 0 Å². The van der Waals surface area contributed by atoms with Gasteiger partial charge in [-0.2, -0.15) is 10.4 Å². The van der Waals surface area contributed by atoms with Gasteiger partial charge < -0.3 is 10.5 Å². The number of anilines is 1. The number of aromatic nitrogens is 3. The molecule has 5 fully saturated rings. The van der Waals surface area contributed by atoms with E-state index >= 15 is 0 Å². The minimum atomic E-state index is 0.268. The average Bonchev–Trinajstić information content (AvgIpc) is 3.18. The second-order valence-corrected chi connectivity index (χ2v) is 8.62. The van der Waals surface area contributed by atoms with Crippen molar-refractivity contribution in [2.45, 2.75) is 37.4 Å². The van der Waals surface area contributed by atoms with Gasteiger partial charge in [0.1, 0.15) is 11.9 Å². The van der Waals surface area contributed by atoms with Crippen molar-refractivity contribution in [2.75, 3.05) is 25.5 Å². The Morgan fingerprint density at radius 3 is 2.81 bits per heavy atom. The topological polar surface area (TPSA) is 93.0 Å². The Labute approximate surface area is 157 Å². The number of nitrogens with zero attached hydrogens (tertiary/aromatic N) is 5. The maximum absolute atomic E-state index is 9.26. The molecule has 0 aromatic carbocycles. The molecule has 0 radical (unpaired) electrons. The van der Waals surface area contributed by atoms with Crippen LogP contribution in [-0.2, 0) is 10.2 Å². The first-order valence-electron chi connectivity index (χ1n) is 9.66. The maximum atomic E-state index is 9.26. The Morgan fingerprint density at radius 2 is 2.19 bits per heavy atom. The molecule has 2 aromatic rings. The van der Waals surface area contributed by atoms with E-state index in [0.717, 1.165) is 36.3 Å². The highest BCUT2D eigenvalue weighted by Crippen LogP contribution is 2.86. The number of piperidine rings is 1. The third-order valence-electron chi connectivity index (χ3n) is 7.07. The van der Waals surface area contributed by atoms with Gasteiger partial charge >= 0.3 is 0 Å². The van der Waals surface area contributed by atoms with E-state index in [-0.39, 0.29) is 5.82 Å². The van der Waals surface area contributed by atoms with E-state index in [1.807, 2.05) is 0 Å². The molecule has 3 saturated heterocycles. The van der Waals surface area contributed by atoms with Crippen LogP contribution in [0.2, 0.25) is 0 Å². The predicted molar refractivity (Wildman–Crippen MR) is 98.7 cm³/mol. The summed E-state index contributed by atoms with van der Waals surface area (Å²) >= 11 is 0. The predicted octanol–water partition coefficient (Wildman–Crippen LogP) is 1.56. The van der Waals surface area contributed by atoms with Crippen LogP contribution in [0, 0.1) is 23.2 Å². The van der Waals surface area contributed by atoms with Crippen LogP contribution >= 0.6 is 0 Å². The molecular formula is C20H22N6O. The van der Waals surface area contributed by atoms with E-state index in [4.69, 9.17) is 15.6 Å². The molecule has 5 heterocycles. The largest absolute Gasteiger partial charge is 0.383 e. The van der Waals surface area contributed by atoms with Crippen molar-refractivity contribution in [3.8, 4) is 17.3 Å². The fraction of sp³-hybridized carbons (Fsp3) is 0.550. The first-order chi connectivity index (χ1) is 13.1. The minimum Gasteiger partial charge on any atom is -0.383 e. The summed E-state index contributed by atoms with van der Waals surface area (Å²) in [6, 6.07) is 7.70. The average molecular weight is 362 g/mol. The number of nitrogen functional groups attached to an aromatic ring is 1. The fourth-order valence-corrected chi connectivity index (χ4v) is 5.59. The molecule has 2 aliphatic carbocycles. The van der Waals surface area contributed by atoms with E-state index in [2.05, 4.69) is 40.5 Å². The third kappa shape index (κ3) is 1.78. The molecule has 4 atom stereocenters. The molecule has 2 bridgehead atoms. The summed E-state index contributed by atoms with van der Waals surface area (Å²) < 4.78 is 7.60. The minimum absolute atomic E-state index is 0.268. The second kappa shape index (κ2) is 4.89. The molecule has 5 aliphatic rings. The van der Waals surface area contributed by atoms with Crippen LogP contribution in [0.15, 0.2) is 18.3 Å². The van der Waals surface area contributed by atoms with Gasteiger partial charge in [0.2, 0.25) is 0 Å². The number of fused-ring (bicyclic) bond motifs is 1. The second-order valence-electron chi connectivity index (χ2n) is 8.62. The third-order valence-corrected chi connectivity index (χ3v) is 7.07. The van der Waals surface area contributed by atoms with Gasteiger partial charge in [0, 0.05) is 41.5 Å². The van der Waals surface area contributed by atoms with E-state index in [1.54, 1.807) is 12.3 Å². The molecule has 27 heavy (non-hydrogen) atoms. The zero-order valence-electron chi connectivity index (χ0n) is 15.5. The standard InChI is InChI=1S/C20H22N6O/c1-10(2)26-16(4-15(24-26)12-3-11(5-21)19(22)23-6-12)20-14-7-25(13-8-27-9-13)18(20)17(14)20/h3-4,6,10,13-14,17-18H,7-9H2,1-2H3,(H2,22,23)/t14-,17-,18?,20-/m1/s1. The highest BCUT2D eigenvalue weighted by molar-refractivity contribution is 5.67. The lowest BCUT2D eigenvalue weighted by Crippen LogP contribution is -2.48. The van der Waals surface area contributed by atoms with Gasteiger partial charge in [0.05, 0.1) is 30.5 Å². The summed E-state index contributed by atoms with van der Waals surface area (Å²) in [6.45, 7) is 7.32. The van der Waals surface area contributed by atoms with Crippen LogP contribution in [0.3, 0.4) is 0 Å². The first kappa shape index (κ1) is 15.6. The fourth-order valence-electron chi connectivity index (χ4n) is 5.59. The van der Waals surface area contributed by atoms with Crippen LogP contribution in [0.25, 0.3) is 11.3 Å². The van der Waals surface area contributed by atoms with Crippen LogP contribution in [-0.4, -0.2) is 51.5 Å². The van der Waals surface area contributed by atoms with Crippen LogP contribution in [0.5, 0.6) is 0 Å². The van der Waals surface area contributed by atoms with Crippen molar-refractivity contribution < 1.29 is 4.74 Å². The highest BCUT2D eigenvalue weighted by atomic mass is 16.5. The molecule has 3 aliphatic heterocycles. The Kier molecular flexibility index (Phi) is 2.83. The maximum Gasteiger partial charge on any atom is 0.141 e. The Balaban J connectivity index is 1.39. The van der Waals surface area contributed by atoms with Crippen molar-refractivity contribution in [2.24, 2.45) is 11.8 Å². The zero-order chi connectivity index (χ0) is 18.5. The molecule has 2 aromatic heterocycles. The summed E-state index contributed by atoms with van der Waals surface area (Å²) in [7, 11) is 0. The van der Waals surface area contributed by atoms with Gasteiger partial charge in [-0.05, 0) is 37.8 Å². The number of pyridine rings is 1. The number of rotatable bonds is 4. The Hall–Kier alpha value is -2.43. The normalized spacial score (nSPS) is 33.6. The van der Waals surface area contributed by atoms with Gasteiger partial charge in [0.25, 0.3) is 0 Å². The summed E-state index contributed by atoms with van der Waals surface area (Å²) in [6.07, 6.45) is 1.72. The molecular weight excluding hydrogens is 340 g/mol. The zero-order valence-corrected chi connectivity index (χ0v) is 15.5. The van der Waals surface area contributed by atoms with Crippen molar-refractivity contribution >= 4 is 5.82 Å². The monoisotopic (exact) mass is 362 g/mol. The van der Waals surface area contributed by atoms with Gasteiger partial charge in [-0.1, -0.05) is 0 Å². The molecule has 7 rings (SSSR count). The summed E-state index contributed by atoms with van der Waals surface area (Å²) in [5, 5.41) is 14.2. The van der Waals surface area contributed by atoms with Gasteiger partial charge in [-0.3, -0.25) is 9.58 Å². The van der Waals surface area contributed by atoms with E-state index < -0.39 is 0 Å². The van der Waals surface area contributed by atoms with E-state index in [1.165, 1.54) is 12.2 Å². The lowest BCUT2D eigenvalue weighted by Gasteiger charge is -2.34. The van der Waals surface area contributed by atoms with Crippen molar-refractivity contribution in [1.29, 1.82) is 5.26 Å². The first-order valence-corrected chi connectivity index (χ1v) is 9.66. The molecule has 0 spiro atoms. The van der Waals surface area contributed by atoms with Gasteiger partial charge in [0.15, 0.2) is 0 Å². The van der Waals surface area contributed by atoms with E-state index in [0.29, 0.717) is 29.1 Å². The van der Waals surface area contributed by atoms with Crippen LogP contribution < -0.4 is 5.73 Å². The van der Waals surface area contributed by atoms with Crippen LogP contribution in [0.1, 0.15) is 31.1 Å². The summed E-state index contributed by atoms with van der Waals surface area (Å²) in [4.78, 5) is 6.85. The number of hydrogen-bond donors (Lipinski definition) is 1. The van der Waals surface area contributed by atoms with Crippen molar-refractivity contribution in [1.82, 2.24) is 19.7 Å². The quantitative estimate of drug-likeness (QED) is 0.887. The SMILES string of the molecule is CC(C)n1nc(-c2cnc(N)c(C#N)c2)cc1[C@@]12C3[C@H]1[C@H]2CN3C1COC1. The van der Waals surface area contributed by atoms with Crippen molar-refractivity contribution in [3.05, 3.63) is 29.6 Å². The Bertz CT molecular complexity index is 996. The summed E-state index contributed by atoms with van der Waals surface area (Å²) in [5.74, 6) is 1.83. The molecule has 7 nitrogen and oxygen atoms in total. The summed E-state index contributed by atoms with van der Waals surface area (Å²) in [5.41, 5.74) is 9.56. The molecule has 2 saturated carbocycles. The number of nitriles is 1. The number of ether oxygens (including phenoxy) is 1. The molecule has 1 unspecified atom stereocenters. The smallest absolute Gasteiger partial charge is 0.141 e. The lowest BCUT2D eigenvalue weighted by molar-refractivity contribution is -0.0601. The number of hydrogen-bond acceptors (Lipinski definition) is 6. The Morgan fingerprint density at radius 1 is 1.37 bits per heavy atom. The number of nitrogens with two attached hydrogens (primary N) is 1. The molecule has 138 valence electrons. The van der Waals surface area contributed by atoms with Crippen molar-refractivity contribution in [3.63, 3.8) is 0 Å². The van der Waals surface area contributed by atoms with Gasteiger partial charge in [-0.25, -0.2) is 4.98 Å². The van der Waals surface area contributed by atoms with E-state index in [9.17, 15) is 5.26 Å². The van der Waals surface area contributed by atoms with Crippen LogP contribution in [0.4, 0.5) is 5.82 Å². The molecule has 0 amide bonds.